The Hall–Kier alpha value is -1.56. The van der Waals surface area contributed by atoms with Crippen molar-refractivity contribution in [1.29, 1.82) is 0 Å². The second-order valence-electron chi connectivity index (χ2n) is 4.96. The van der Waals surface area contributed by atoms with Crippen molar-refractivity contribution >= 4 is 30.7 Å². The third kappa shape index (κ3) is 4.47. The van der Waals surface area contributed by atoms with Crippen molar-refractivity contribution in [1.82, 2.24) is 20.4 Å². The molecule has 3 rings (SSSR count). The Kier molecular flexibility index (Phi) is 7.38. The molecular weight excluding hydrogens is 323 g/mol. The van der Waals surface area contributed by atoms with Gasteiger partial charge in [-0.2, -0.15) is 5.10 Å². The first kappa shape index (κ1) is 18.5. The molecule has 0 spiro atoms. The number of fused-ring (bicyclic) bond motifs is 1. The molecule has 0 saturated carbocycles. The lowest BCUT2D eigenvalue weighted by atomic mass is 9.94. The maximum atomic E-state index is 11.9. The zero-order valence-corrected chi connectivity index (χ0v) is 13.7. The third-order valence-electron chi connectivity index (χ3n) is 3.58. The van der Waals surface area contributed by atoms with E-state index in [1.54, 1.807) is 17.1 Å². The smallest absolute Gasteiger partial charge is 0.241 e. The molecule has 0 radical (unpaired) electrons. The van der Waals surface area contributed by atoms with Gasteiger partial charge in [0.1, 0.15) is 6.54 Å². The molecule has 2 heterocycles. The third-order valence-corrected chi connectivity index (χ3v) is 3.58. The maximum Gasteiger partial charge on any atom is 0.241 e. The fraction of sp³-hybridized carbons (Fsp3) is 0.333. The average Bonchev–Trinajstić information content (AvgIpc) is 2.98. The number of amides is 1. The normalized spacial score (nSPS) is 15.9. The number of carbonyl (C=O) groups is 1. The molecule has 22 heavy (non-hydrogen) atoms. The monoisotopic (exact) mass is 342 g/mol. The summed E-state index contributed by atoms with van der Waals surface area (Å²) in [5, 5.41) is 10.4. The van der Waals surface area contributed by atoms with Gasteiger partial charge in [0.25, 0.3) is 0 Å². The Balaban J connectivity index is 0.00000121. The Bertz CT molecular complexity index is 589. The molecule has 2 aromatic rings. The first-order valence-corrected chi connectivity index (χ1v) is 6.88. The molecule has 1 atom stereocenters. The Labute approximate surface area is 142 Å². The Morgan fingerprint density at radius 3 is 2.91 bits per heavy atom. The summed E-state index contributed by atoms with van der Waals surface area (Å²) in [5.74, 6) is -0.0152. The molecule has 1 aliphatic rings. The van der Waals surface area contributed by atoms with Crippen LogP contribution in [0.3, 0.4) is 0 Å². The van der Waals surface area contributed by atoms with Gasteiger partial charge in [0.15, 0.2) is 0 Å². The molecule has 1 aliphatic heterocycles. The van der Waals surface area contributed by atoms with Gasteiger partial charge in [0.2, 0.25) is 5.91 Å². The van der Waals surface area contributed by atoms with E-state index in [4.69, 9.17) is 0 Å². The van der Waals surface area contributed by atoms with Gasteiger partial charge in [0.05, 0.1) is 0 Å². The summed E-state index contributed by atoms with van der Waals surface area (Å²) in [6, 6.07) is 10.4. The molecule has 120 valence electrons. The van der Waals surface area contributed by atoms with Crippen LogP contribution in [0.4, 0.5) is 0 Å². The minimum absolute atomic E-state index is 0. The maximum absolute atomic E-state index is 11.9. The van der Waals surface area contributed by atoms with Crippen molar-refractivity contribution < 1.29 is 4.79 Å². The van der Waals surface area contributed by atoms with Crippen LogP contribution in [0.25, 0.3) is 0 Å². The van der Waals surface area contributed by atoms with E-state index in [9.17, 15) is 4.79 Å². The molecule has 1 unspecified atom stereocenters. The Morgan fingerprint density at radius 2 is 2.14 bits per heavy atom. The van der Waals surface area contributed by atoms with E-state index in [1.807, 2.05) is 12.1 Å². The lowest BCUT2D eigenvalue weighted by molar-refractivity contribution is -0.121. The van der Waals surface area contributed by atoms with Crippen LogP contribution in [-0.2, 0) is 17.8 Å². The highest BCUT2D eigenvalue weighted by Gasteiger charge is 2.19. The van der Waals surface area contributed by atoms with Crippen molar-refractivity contribution in [3.05, 3.63) is 53.9 Å². The molecular formula is C15H20Cl2N4O. The number of rotatable bonds is 4. The van der Waals surface area contributed by atoms with E-state index in [1.165, 1.54) is 11.1 Å². The summed E-state index contributed by atoms with van der Waals surface area (Å²) < 4.78 is 1.62. The summed E-state index contributed by atoms with van der Waals surface area (Å²) in [6.07, 6.45) is 4.51. The molecule has 0 aliphatic carbocycles. The molecule has 2 N–H and O–H groups in total. The lowest BCUT2D eigenvalue weighted by Gasteiger charge is -2.27. The number of hydrogen-bond donors (Lipinski definition) is 2. The number of carbonyl (C=O) groups excluding carboxylic acids is 1. The van der Waals surface area contributed by atoms with Crippen molar-refractivity contribution in [2.24, 2.45) is 0 Å². The van der Waals surface area contributed by atoms with E-state index >= 15 is 0 Å². The highest BCUT2D eigenvalue weighted by Crippen LogP contribution is 2.21. The highest BCUT2D eigenvalue weighted by atomic mass is 35.5. The van der Waals surface area contributed by atoms with Crippen LogP contribution in [0, 0.1) is 0 Å². The van der Waals surface area contributed by atoms with E-state index in [2.05, 4.69) is 33.9 Å². The lowest BCUT2D eigenvalue weighted by Crippen LogP contribution is -2.39. The molecule has 7 heteroatoms. The molecule has 1 aromatic carbocycles. The fourth-order valence-corrected chi connectivity index (χ4v) is 2.59. The first-order valence-electron chi connectivity index (χ1n) is 6.88. The van der Waals surface area contributed by atoms with E-state index in [0.29, 0.717) is 6.54 Å². The standard InChI is InChI=1S/C15H18N4O.2ClH/c20-15(11-19-9-3-7-18-19)17-10-14-13-5-2-1-4-12(13)6-8-16-14;;/h1-5,7,9,14,16H,6,8,10-11H2,(H,17,20);2*1H. The summed E-state index contributed by atoms with van der Waals surface area (Å²) in [5.41, 5.74) is 2.66. The van der Waals surface area contributed by atoms with Crippen LogP contribution < -0.4 is 10.6 Å². The van der Waals surface area contributed by atoms with Gasteiger partial charge in [-0.1, -0.05) is 24.3 Å². The van der Waals surface area contributed by atoms with Crippen LogP contribution in [0.1, 0.15) is 17.2 Å². The largest absolute Gasteiger partial charge is 0.353 e. The molecule has 5 nitrogen and oxygen atoms in total. The topological polar surface area (TPSA) is 59.0 Å². The number of halogens is 2. The highest BCUT2D eigenvalue weighted by molar-refractivity contribution is 5.85. The van der Waals surface area contributed by atoms with Gasteiger partial charge in [-0.3, -0.25) is 9.48 Å². The minimum atomic E-state index is -0.0152. The van der Waals surface area contributed by atoms with E-state index in [-0.39, 0.29) is 43.3 Å². The van der Waals surface area contributed by atoms with Crippen LogP contribution >= 0.6 is 24.8 Å². The number of aromatic nitrogens is 2. The number of hydrogen-bond acceptors (Lipinski definition) is 3. The fourth-order valence-electron chi connectivity index (χ4n) is 2.59. The second kappa shape index (κ2) is 8.78. The van der Waals surface area contributed by atoms with E-state index in [0.717, 1.165) is 13.0 Å². The van der Waals surface area contributed by atoms with E-state index < -0.39 is 0 Å². The molecule has 1 aromatic heterocycles. The predicted octanol–water partition coefficient (Wildman–Crippen LogP) is 1.73. The summed E-state index contributed by atoms with van der Waals surface area (Å²) in [7, 11) is 0. The SMILES string of the molecule is Cl.Cl.O=C(Cn1cccn1)NCC1NCCc2ccccc21. The van der Waals surface area contributed by atoms with Crippen molar-refractivity contribution in [3.8, 4) is 0 Å². The van der Waals surface area contributed by atoms with Crippen LogP contribution in [0.15, 0.2) is 42.7 Å². The van der Waals surface area contributed by atoms with Gasteiger partial charge < -0.3 is 10.6 Å². The number of nitrogens with zero attached hydrogens (tertiary/aromatic N) is 2. The summed E-state index contributed by atoms with van der Waals surface area (Å²) >= 11 is 0. The average molecular weight is 343 g/mol. The van der Waals surface area contributed by atoms with Gasteiger partial charge in [-0.05, 0) is 30.2 Å². The number of nitrogens with one attached hydrogen (secondary N) is 2. The molecule has 1 amide bonds. The zero-order valence-electron chi connectivity index (χ0n) is 12.1. The van der Waals surface area contributed by atoms with Gasteiger partial charge in [-0.25, -0.2) is 0 Å². The van der Waals surface area contributed by atoms with Crippen LogP contribution in [0.5, 0.6) is 0 Å². The van der Waals surface area contributed by atoms with Gasteiger partial charge in [0, 0.05) is 25.0 Å². The summed E-state index contributed by atoms with van der Waals surface area (Å²) in [6.45, 7) is 1.83. The van der Waals surface area contributed by atoms with Gasteiger partial charge in [-0.15, -0.1) is 24.8 Å². The minimum Gasteiger partial charge on any atom is -0.353 e. The molecule has 0 fully saturated rings. The van der Waals surface area contributed by atoms with Crippen molar-refractivity contribution in [2.75, 3.05) is 13.1 Å². The van der Waals surface area contributed by atoms with Crippen molar-refractivity contribution in [3.63, 3.8) is 0 Å². The summed E-state index contributed by atoms with van der Waals surface area (Å²) in [4.78, 5) is 11.9. The predicted molar refractivity (Wildman–Crippen MR) is 90.6 cm³/mol. The molecule has 0 bridgehead atoms. The quantitative estimate of drug-likeness (QED) is 0.889. The van der Waals surface area contributed by atoms with Crippen LogP contribution in [0.2, 0.25) is 0 Å². The van der Waals surface area contributed by atoms with Crippen molar-refractivity contribution in [2.45, 2.75) is 19.0 Å². The number of benzene rings is 1. The first-order chi connectivity index (χ1) is 9.83. The van der Waals surface area contributed by atoms with Crippen LogP contribution in [-0.4, -0.2) is 28.8 Å². The zero-order chi connectivity index (χ0) is 13.8. The Morgan fingerprint density at radius 1 is 1.32 bits per heavy atom. The second-order valence-corrected chi connectivity index (χ2v) is 4.96. The molecule has 0 saturated heterocycles. The van der Waals surface area contributed by atoms with Gasteiger partial charge >= 0.3 is 0 Å².